The molecule has 0 amide bonds. The summed E-state index contributed by atoms with van der Waals surface area (Å²) in [5.74, 6) is 0.758. The van der Waals surface area contributed by atoms with Crippen molar-refractivity contribution in [1.29, 1.82) is 0 Å². The summed E-state index contributed by atoms with van der Waals surface area (Å²) in [5.41, 5.74) is 6.49. The van der Waals surface area contributed by atoms with Crippen molar-refractivity contribution < 1.29 is 9.50 Å². The number of nitrogens with two attached hydrogens (primary N) is 1. The SMILES string of the molecule is NCC(O)C1CCSc2cc(F)ccc21. The van der Waals surface area contributed by atoms with E-state index >= 15 is 0 Å². The van der Waals surface area contributed by atoms with Crippen LogP contribution >= 0.6 is 11.8 Å². The van der Waals surface area contributed by atoms with E-state index in [4.69, 9.17) is 5.73 Å². The second-order valence-electron chi connectivity index (χ2n) is 3.73. The lowest BCUT2D eigenvalue weighted by Crippen LogP contribution is -2.29. The van der Waals surface area contributed by atoms with Gasteiger partial charge in [0.1, 0.15) is 5.82 Å². The smallest absolute Gasteiger partial charge is 0.124 e. The summed E-state index contributed by atoms with van der Waals surface area (Å²) in [6.07, 6.45) is 0.386. The fraction of sp³-hybridized carbons (Fsp3) is 0.455. The summed E-state index contributed by atoms with van der Waals surface area (Å²) in [6, 6.07) is 4.75. The zero-order valence-corrected chi connectivity index (χ0v) is 9.14. The molecule has 3 N–H and O–H groups in total. The van der Waals surface area contributed by atoms with Crippen molar-refractivity contribution in [2.75, 3.05) is 12.3 Å². The second kappa shape index (κ2) is 4.51. The molecule has 1 aliphatic rings. The van der Waals surface area contributed by atoms with Crippen LogP contribution in [0.25, 0.3) is 0 Å². The van der Waals surface area contributed by atoms with Gasteiger partial charge in [-0.05, 0) is 29.9 Å². The second-order valence-corrected chi connectivity index (χ2v) is 4.87. The fourth-order valence-corrected chi connectivity index (χ4v) is 3.13. The van der Waals surface area contributed by atoms with Crippen LogP contribution in [0.4, 0.5) is 4.39 Å². The zero-order chi connectivity index (χ0) is 10.8. The summed E-state index contributed by atoms with van der Waals surface area (Å²) in [7, 11) is 0. The average Bonchev–Trinajstić information content (AvgIpc) is 2.26. The molecule has 0 bridgehead atoms. The van der Waals surface area contributed by atoms with Gasteiger partial charge in [-0.3, -0.25) is 0 Å². The highest BCUT2D eigenvalue weighted by Crippen LogP contribution is 2.39. The largest absolute Gasteiger partial charge is 0.391 e. The van der Waals surface area contributed by atoms with Gasteiger partial charge in [-0.15, -0.1) is 11.8 Å². The van der Waals surface area contributed by atoms with Crippen molar-refractivity contribution in [3.63, 3.8) is 0 Å². The zero-order valence-electron chi connectivity index (χ0n) is 8.32. The van der Waals surface area contributed by atoms with E-state index < -0.39 is 6.10 Å². The number of halogens is 1. The predicted octanol–water partition coefficient (Wildman–Crippen LogP) is 1.72. The Kier molecular flexibility index (Phi) is 3.29. The van der Waals surface area contributed by atoms with Crippen molar-refractivity contribution in [2.24, 2.45) is 5.73 Å². The van der Waals surface area contributed by atoms with Crippen molar-refractivity contribution in [3.05, 3.63) is 29.6 Å². The van der Waals surface area contributed by atoms with Gasteiger partial charge in [0, 0.05) is 17.4 Å². The highest BCUT2D eigenvalue weighted by atomic mass is 32.2. The van der Waals surface area contributed by atoms with Crippen molar-refractivity contribution in [3.8, 4) is 0 Å². The lowest BCUT2D eigenvalue weighted by Gasteiger charge is -2.28. The third kappa shape index (κ3) is 2.17. The van der Waals surface area contributed by atoms with Gasteiger partial charge in [0.05, 0.1) is 6.10 Å². The number of aliphatic hydroxyl groups is 1. The molecule has 2 rings (SSSR count). The lowest BCUT2D eigenvalue weighted by molar-refractivity contribution is 0.147. The minimum Gasteiger partial charge on any atom is -0.391 e. The van der Waals surface area contributed by atoms with Crippen LogP contribution in [0.2, 0.25) is 0 Å². The van der Waals surface area contributed by atoms with Gasteiger partial charge in [0.15, 0.2) is 0 Å². The predicted molar refractivity (Wildman–Crippen MR) is 59.5 cm³/mol. The first-order valence-electron chi connectivity index (χ1n) is 5.02. The molecule has 2 nitrogen and oxygen atoms in total. The van der Waals surface area contributed by atoms with E-state index in [9.17, 15) is 9.50 Å². The number of rotatable bonds is 2. The Balaban J connectivity index is 2.34. The van der Waals surface area contributed by atoms with Crippen molar-refractivity contribution in [2.45, 2.75) is 23.3 Å². The van der Waals surface area contributed by atoms with Gasteiger partial charge >= 0.3 is 0 Å². The van der Waals surface area contributed by atoms with Crippen LogP contribution in [0, 0.1) is 5.82 Å². The van der Waals surface area contributed by atoms with E-state index in [1.807, 2.05) is 0 Å². The van der Waals surface area contributed by atoms with Crippen molar-refractivity contribution >= 4 is 11.8 Å². The highest BCUT2D eigenvalue weighted by molar-refractivity contribution is 7.99. The molecule has 1 aliphatic heterocycles. The molecule has 82 valence electrons. The van der Waals surface area contributed by atoms with Crippen LogP contribution in [-0.4, -0.2) is 23.5 Å². The molecule has 4 heteroatoms. The maximum absolute atomic E-state index is 13.0. The average molecular weight is 227 g/mol. The third-order valence-electron chi connectivity index (χ3n) is 2.77. The van der Waals surface area contributed by atoms with E-state index in [1.54, 1.807) is 17.8 Å². The molecule has 1 heterocycles. The van der Waals surface area contributed by atoms with Gasteiger partial charge in [0.2, 0.25) is 0 Å². The molecule has 1 aromatic rings. The summed E-state index contributed by atoms with van der Waals surface area (Å²) < 4.78 is 13.0. The molecule has 1 aromatic carbocycles. The summed E-state index contributed by atoms with van der Waals surface area (Å²) in [5, 5.41) is 9.77. The number of hydrogen-bond donors (Lipinski definition) is 2. The molecular formula is C11H14FNOS. The molecule has 0 fully saturated rings. The minimum atomic E-state index is -0.518. The minimum absolute atomic E-state index is 0.0619. The molecule has 2 unspecified atom stereocenters. The van der Waals surface area contributed by atoms with E-state index in [-0.39, 0.29) is 18.3 Å². The molecular weight excluding hydrogens is 213 g/mol. The van der Waals surface area contributed by atoms with Gasteiger partial charge in [-0.1, -0.05) is 6.07 Å². The highest BCUT2D eigenvalue weighted by Gasteiger charge is 2.26. The maximum atomic E-state index is 13.0. The summed E-state index contributed by atoms with van der Waals surface area (Å²) >= 11 is 1.64. The normalized spacial score (nSPS) is 22.2. The maximum Gasteiger partial charge on any atom is 0.124 e. The topological polar surface area (TPSA) is 46.2 Å². The van der Waals surface area contributed by atoms with Crippen LogP contribution in [0.3, 0.4) is 0 Å². The standard InChI is InChI=1S/C11H14FNOS/c12-7-1-2-9-8(10(14)6-13)3-4-15-11(9)5-7/h1-2,5,8,10,14H,3-4,6,13H2. The van der Waals surface area contributed by atoms with Crippen LogP contribution in [0.1, 0.15) is 17.9 Å². The number of thioether (sulfide) groups is 1. The van der Waals surface area contributed by atoms with Crippen LogP contribution in [-0.2, 0) is 0 Å². The summed E-state index contributed by atoms with van der Waals surface area (Å²) in [4.78, 5) is 0.943. The molecule has 0 aromatic heterocycles. The Morgan fingerprint density at radius 3 is 3.13 bits per heavy atom. The first-order chi connectivity index (χ1) is 7.22. The van der Waals surface area contributed by atoms with E-state index in [0.29, 0.717) is 0 Å². The van der Waals surface area contributed by atoms with Gasteiger partial charge in [-0.25, -0.2) is 4.39 Å². The third-order valence-corrected chi connectivity index (χ3v) is 3.87. The van der Waals surface area contributed by atoms with E-state index in [2.05, 4.69) is 0 Å². The van der Waals surface area contributed by atoms with Gasteiger partial charge < -0.3 is 10.8 Å². The number of benzene rings is 1. The number of hydrogen-bond acceptors (Lipinski definition) is 3. The Hall–Kier alpha value is -0.580. The first kappa shape index (κ1) is 10.9. The lowest BCUT2D eigenvalue weighted by atomic mass is 9.90. The van der Waals surface area contributed by atoms with Crippen LogP contribution in [0.15, 0.2) is 23.1 Å². The molecule has 0 radical (unpaired) electrons. The van der Waals surface area contributed by atoms with Crippen LogP contribution < -0.4 is 5.73 Å². The summed E-state index contributed by atoms with van der Waals surface area (Å²) in [6.45, 7) is 0.256. The Bertz CT molecular complexity index is 358. The molecule has 2 atom stereocenters. The van der Waals surface area contributed by atoms with Gasteiger partial charge in [0.25, 0.3) is 0 Å². The molecule has 0 saturated carbocycles. The molecule has 0 aliphatic carbocycles. The van der Waals surface area contributed by atoms with E-state index in [1.165, 1.54) is 12.1 Å². The Morgan fingerprint density at radius 1 is 1.60 bits per heavy atom. The Labute approximate surface area is 92.7 Å². The molecule has 0 saturated heterocycles. The first-order valence-corrected chi connectivity index (χ1v) is 6.01. The Morgan fingerprint density at radius 2 is 2.40 bits per heavy atom. The monoisotopic (exact) mass is 227 g/mol. The molecule has 15 heavy (non-hydrogen) atoms. The van der Waals surface area contributed by atoms with E-state index in [0.717, 1.165) is 22.6 Å². The van der Waals surface area contributed by atoms with Crippen molar-refractivity contribution in [1.82, 2.24) is 0 Å². The molecule has 0 spiro atoms. The quantitative estimate of drug-likeness (QED) is 0.808. The fourth-order valence-electron chi connectivity index (χ4n) is 1.95. The van der Waals surface area contributed by atoms with Gasteiger partial charge in [-0.2, -0.15) is 0 Å². The van der Waals surface area contributed by atoms with Crippen LogP contribution in [0.5, 0.6) is 0 Å². The number of fused-ring (bicyclic) bond motifs is 1. The number of aliphatic hydroxyl groups excluding tert-OH is 1.